The van der Waals surface area contributed by atoms with Crippen LogP contribution in [-0.4, -0.2) is 18.5 Å². The van der Waals surface area contributed by atoms with Gasteiger partial charge < -0.3 is 10.1 Å². The van der Waals surface area contributed by atoms with Crippen LogP contribution in [-0.2, 0) is 14.3 Å². The number of carbonyl (C=O) groups is 2. The Kier molecular flexibility index (Phi) is 7.89. The van der Waals surface area contributed by atoms with Gasteiger partial charge in [0.25, 0.3) is 5.91 Å². The number of hydrogen-bond donors (Lipinski definition) is 1. The molecule has 0 saturated heterocycles. The largest absolute Gasteiger partial charge is 0.452 e. The number of aryl methyl sites for hydroxylation is 1. The van der Waals surface area contributed by atoms with Crippen LogP contribution >= 0.6 is 23.2 Å². The lowest BCUT2D eigenvalue weighted by Gasteiger charge is -2.17. The van der Waals surface area contributed by atoms with E-state index in [-0.39, 0.29) is 18.6 Å². The minimum Gasteiger partial charge on any atom is -0.452 e. The highest BCUT2D eigenvalue weighted by Gasteiger charge is 2.13. The Labute approximate surface area is 169 Å². The molecule has 2 aromatic rings. The number of esters is 1. The molecule has 0 saturated carbocycles. The molecule has 0 aliphatic heterocycles. The van der Waals surface area contributed by atoms with E-state index in [2.05, 4.69) is 5.32 Å². The van der Waals surface area contributed by atoms with E-state index in [0.717, 1.165) is 17.5 Å². The van der Waals surface area contributed by atoms with Crippen molar-refractivity contribution in [2.24, 2.45) is 0 Å². The van der Waals surface area contributed by atoms with E-state index in [1.54, 1.807) is 18.2 Å². The predicted octanol–water partition coefficient (Wildman–Crippen LogP) is 5.13. The molecule has 0 fully saturated rings. The van der Waals surface area contributed by atoms with E-state index < -0.39 is 5.97 Å². The molecule has 0 spiro atoms. The van der Waals surface area contributed by atoms with Crippen molar-refractivity contribution in [2.75, 3.05) is 6.61 Å². The number of rotatable bonds is 7. The Balaban J connectivity index is 1.85. The number of benzene rings is 2. The molecule has 6 heteroatoms. The van der Waals surface area contributed by atoms with E-state index >= 15 is 0 Å². The highest BCUT2D eigenvalue weighted by atomic mass is 35.5. The summed E-state index contributed by atoms with van der Waals surface area (Å²) in [6.07, 6.45) is 3.47. The fraction of sp³-hybridized carbons (Fsp3) is 0.238. The van der Waals surface area contributed by atoms with Crippen molar-refractivity contribution in [3.63, 3.8) is 0 Å². The highest BCUT2D eigenvalue weighted by molar-refractivity contribution is 6.35. The van der Waals surface area contributed by atoms with Crippen molar-refractivity contribution < 1.29 is 14.3 Å². The second kappa shape index (κ2) is 10.1. The summed E-state index contributed by atoms with van der Waals surface area (Å²) in [5.74, 6) is -0.978. The Hall–Kier alpha value is -2.30. The Morgan fingerprint density at radius 2 is 1.85 bits per heavy atom. The molecule has 0 heterocycles. The first kappa shape index (κ1) is 21.0. The average Bonchev–Trinajstić information content (AvgIpc) is 2.64. The highest BCUT2D eigenvalue weighted by Crippen LogP contribution is 2.22. The minimum absolute atomic E-state index is 0.125. The van der Waals surface area contributed by atoms with Crippen LogP contribution in [0.5, 0.6) is 0 Å². The number of halogens is 2. The van der Waals surface area contributed by atoms with E-state index in [0.29, 0.717) is 15.6 Å². The zero-order valence-electron chi connectivity index (χ0n) is 15.2. The predicted molar refractivity (Wildman–Crippen MR) is 109 cm³/mol. The van der Waals surface area contributed by atoms with Gasteiger partial charge in [0.1, 0.15) is 0 Å². The third kappa shape index (κ3) is 6.74. The number of ether oxygens (including phenoxy) is 1. The molecule has 1 amide bonds. The lowest BCUT2D eigenvalue weighted by molar-refractivity contribution is -0.144. The third-order valence-corrected chi connectivity index (χ3v) is 4.49. The smallest absolute Gasteiger partial charge is 0.331 e. The second-order valence-electron chi connectivity index (χ2n) is 6.05. The maximum atomic E-state index is 12.1. The van der Waals surface area contributed by atoms with Crippen molar-refractivity contribution in [1.82, 2.24) is 5.32 Å². The normalized spacial score (nSPS) is 12.0. The summed E-state index contributed by atoms with van der Waals surface area (Å²) in [5, 5.41) is 3.80. The lowest BCUT2D eigenvalue weighted by atomic mass is 10.0. The van der Waals surface area contributed by atoms with E-state index in [1.807, 2.05) is 38.1 Å². The number of hydrogen-bond acceptors (Lipinski definition) is 3. The maximum absolute atomic E-state index is 12.1. The van der Waals surface area contributed by atoms with Gasteiger partial charge in [-0.1, -0.05) is 66.0 Å². The quantitative estimate of drug-likeness (QED) is 0.513. The summed E-state index contributed by atoms with van der Waals surface area (Å²) in [4.78, 5) is 23.9. The standard InChI is InChI=1S/C21H21Cl2NO3/c1-3-19(16-6-4-14(2)5-7-16)24-20(25)13-27-21(26)11-9-15-8-10-17(22)12-18(15)23/h4-12,19H,3,13H2,1-2H3,(H,24,25)/b11-9+/t19-/m1/s1. The lowest BCUT2D eigenvalue weighted by Crippen LogP contribution is -2.32. The molecule has 1 N–H and O–H groups in total. The van der Waals surface area contributed by atoms with Gasteiger partial charge in [-0.05, 0) is 42.7 Å². The van der Waals surface area contributed by atoms with Gasteiger partial charge >= 0.3 is 5.97 Å². The number of carbonyl (C=O) groups excluding carboxylic acids is 2. The average molecular weight is 406 g/mol. The van der Waals surface area contributed by atoms with Gasteiger partial charge in [-0.3, -0.25) is 4.79 Å². The molecular weight excluding hydrogens is 385 g/mol. The van der Waals surface area contributed by atoms with Crippen LogP contribution in [0.15, 0.2) is 48.5 Å². The zero-order valence-corrected chi connectivity index (χ0v) is 16.7. The van der Waals surface area contributed by atoms with Crippen molar-refractivity contribution in [3.8, 4) is 0 Å². The molecule has 0 radical (unpaired) electrons. The van der Waals surface area contributed by atoms with Crippen LogP contribution in [0.4, 0.5) is 0 Å². The monoisotopic (exact) mass is 405 g/mol. The molecule has 2 rings (SSSR count). The zero-order chi connectivity index (χ0) is 19.8. The van der Waals surface area contributed by atoms with Crippen LogP contribution < -0.4 is 5.32 Å². The molecule has 4 nitrogen and oxygen atoms in total. The topological polar surface area (TPSA) is 55.4 Å². The van der Waals surface area contributed by atoms with Crippen molar-refractivity contribution in [2.45, 2.75) is 26.3 Å². The van der Waals surface area contributed by atoms with E-state index in [1.165, 1.54) is 12.2 Å². The first-order chi connectivity index (χ1) is 12.9. The van der Waals surface area contributed by atoms with Crippen LogP contribution in [0.25, 0.3) is 6.08 Å². The van der Waals surface area contributed by atoms with Gasteiger partial charge in [-0.25, -0.2) is 4.79 Å². The summed E-state index contributed by atoms with van der Waals surface area (Å²) >= 11 is 11.9. The van der Waals surface area contributed by atoms with Crippen LogP contribution in [0.2, 0.25) is 10.0 Å². The molecule has 0 unspecified atom stereocenters. The molecule has 0 aliphatic carbocycles. The van der Waals surface area contributed by atoms with Crippen LogP contribution in [0.1, 0.15) is 36.1 Å². The SMILES string of the molecule is CC[C@@H](NC(=O)COC(=O)/C=C/c1ccc(Cl)cc1Cl)c1ccc(C)cc1. The minimum atomic E-state index is -0.625. The fourth-order valence-electron chi connectivity index (χ4n) is 2.44. The van der Waals surface area contributed by atoms with Crippen molar-refractivity contribution in [3.05, 3.63) is 75.3 Å². The van der Waals surface area contributed by atoms with Gasteiger partial charge in [0, 0.05) is 16.1 Å². The molecule has 2 aromatic carbocycles. The summed E-state index contributed by atoms with van der Waals surface area (Å²) in [6.45, 7) is 3.64. The first-order valence-electron chi connectivity index (χ1n) is 8.55. The number of amides is 1. The van der Waals surface area contributed by atoms with Gasteiger partial charge in [-0.15, -0.1) is 0 Å². The molecule has 1 atom stereocenters. The van der Waals surface area contributed by atoms with Gasteiger partial charge in [-0.2, -0.15) is 0 Å². The van der Waals surface area contributed by atoms with E-state index in [4.69, 9.17) is 27.9 Å². The molecule has 0 bridgehead atoms. The van der Waals surface area contributed by atoms with Gasteiger partial charge in [0.05, 0.1) is 6.04 Å². The summed E-state index contributed by atoms with van der Waals surface area (Å²) < 4.78 is 4.98. The summed E-state index contributed by atoms with van der Waals surface area (Å²) in [7, 11) is 0. The maximum Gasteiger partial charge on any atom is 0.331 e. The van der Waals surface area contributed by atoms with E-state index in [9.17, 15) is 9.59 Å². The summed E-state index contributed by atoms with van der Waals surface area (Å²) in [6, 6.07) is 12.8. The fourth-order valence-corrected chi connectivity index (χ4v) is 2.91. The van der Waals surface area contributed by atoms with Crippen molar-refractivity contribution in [1.29, 1.82) is 0 Å². The van der Waals surface area contributed by atoms with Crippen LogP contribution in [0, 0.1) is 6.92 Å². The third-order valence-electron chi connectivity index (χ3n) is 3.93. The molecule has 27 heavy (non-hydrogen) atoms. The molecule has 142 valence electrons. The van der Waals surface area contributed by atoms with Gasteiger partial charge in [0.2, 0.25) is 0 Å². The Morgan fingerprint density at radius 1 is 1.15 bits per heavy atom. The molecular formula is C21H21Cl2NO3. The number of nitrogens with one attached hydrogen (secondary N) is 1. The second-order valence-corrected chi connectivity index (χ2v) is 6.89. The summed E-state index contributed by atoms with van der Waals surface area (Å²) in [5.41, 5.74) is 2.80. The molecule has 0 aliphatic rings. The Bertz CT molecular complexity index is 832. The van der Waals surface area contributed by atoms with Crippen molar-refractivity contribution >= 4 is 41.2 Å². The first-order valence-corrected chi connectivity index (χ1v) is 9.30. The molecule has 0 aromatic heterocycles. The van der Waals surface area contributed by atoms with Gasteiger partial charge in [0.15, 0.2) is 6.61 Å². The van der Waals surface area contributed by atoms with Crippen LogP contribution in [0.3, 0.4) is 0 Å². The Morgan fingerprint density at radius 3 is 2.48 bits per heavy atom.